The number of hydrogen-bond donors (Lipinski definition) is 2. The van der Waals surface area contributed by atoms with E-state index in [1.165, 1.54) is 0 Å². The Morgan fingerprint density at radius 3 is 2.45 bits per heavy atom. The van der Waals surface area contributed by atoms with Crippen LogP contribution in [0, 0.1) is 0 Å². The number of amides is 1. The highest BCUT2D eigenvalue weighted by molar-refractivity contribution is 5.75. The maximum Gasteiger partial charge on any atom is 0.219 e. The molecule has 4 nitrogen and oxygen atoms in total. The number of ether oxygens (including phenoxy) is 1. The molecule has 0 saturated heterocycles. The van der Waals surface area contributed by atoms with Gasteiger partial charge in [0.1, 0.15) is 12.4 Å². The van der Waals surface area contributed by atoms with Crippen LogP contribution in [0.15, 0.2) is 54.6 Å². The topological polar surface area (TPSA) is 58.6 Å². The van der Waals surface area contributed by atoms with Gasteiger partial charge in [-0.05, 0) is 23.3 Å². The third kappa shape index (κ3) is 4.90. The summed E-state index contributed by atoms with van der Waals surface area (Å²) in [5.74, 6) is 0.680. The van der Waals surface area contributed by atoms with Crippen molar-refractivity contribution in [1.82, 2.24) is 5.32 Å². The van der Waals surface area contributed by atoms with Crippen molar-refractivity contribution in [3.05, 3.63) is 65.7 Å². The van der Waals surface area contributed by atoms with Crippen LogP contribution in [0.2, 0.25) is 0 Å². The zero-order chi connectivity index (χ0) is 15.8. The van der Waals surface area contributed by atoms with Gasteiger partial charge in [-0.25, -0.2) is 0 Å². The van der Waals surface area contributed by atoms with Crippen molar-refractivity contribution >= 4 is 5.91 Å². The van der Waals surface area contributed by atoms with E-state index in [9.17, 15) is 9.90 Å². The van der Waals surface area contributed by atoms with E-state index in [0.717, 1.165) is 16.9 Å². The molecule has 0 heterocycles. The molecule has 0 fully saturated rings. The molecule has 1 unspecified atom stereocenters. The summed E-state index contributed by atoms with van der Waals surface area (Å²) < 4.78 is 5.69. The number of benzene rings is 2. The quantitative estimate of drug-likeness (QED) is 0.826. The Balaban J connectivity index is 1.85. The Labute approximate surface area is 130 Å². The second-order valence-corrected chi connectivity index (χ2v) is 5.02. The van der Waals surface area contributed by atoms with Crippen LogP contribution in [0.1, 0.15) is 30.6 Å². The lowest BCUT2D eigenvalue weighted by molar-refractivity contribution is -0.121. The van der Waals surface area contributed by atoms with E-state index < -0.39 is 6.10 Å². The molecular weight excluding hydrogens is 278 g/mol. The highest BCUT2D eigenvalue weighted by atomic mass is 16.5. The first kappa shape index (κ1) is 16.0. The van der Waals surface area contributed by atoms with E-state index in [0.29, 0.717) is 13.0 Å². The van der Waals surface area contributed by atoms with Crippen molar-refractivity contribution in [1.29, 1.82) is 0 Å². The Hall–Kier alpha value is -2.33. The molecule has 0 saturated carbocycles. The Kier molecular flexibility index (Phi) is 5.98. The molecule has 2 aromatic carbocycles. The summed E-state index contributed by atoms with van der Waals surface area (Å²) in [6, 6.07) is 17.2. The number of carbonyl (C=O) groups is 1. The molecule has 4 heteroatoms. The molecule has 0 spiro atoms. The second-order valence-electron chi connectivity index (χ2n) is 5.02. The molecule has 1 atom stereocenters. The van der Waals surface area contributed by atoms with Crippen LogP contribution in [0.5, 0.6) is 5.75 Å². The highest BCUT2D eigenvalue weighted by Gasteiger charge is 2.08. The first-order chi connectivity index (χ1) is 10.7. The molecule has 116 valence electrons. The molecule has 0 aliphatic carbocycles. The molecule has 2 N–H and O–H groups in total. The minimum atomic E-state index is -0.710. The van der Waals surface area contributed by atoms with Gasteiger partial charge in [0.15, 0.2) is 0 Å². The van der Waals surface area contributed by atoms with Gasteiger partial charge < -0.3 is 15.2 Å². The second kappa shape index (κ2) is 8.20. The first-order valence-corrected chi connectivity index (χ1v) is 7.40. The van der Waals surface area contributed by atoms with E-state index in [1.54, 1.807) is 6.92 Å². The highest BCUT2D eigenvalue weighted by Crippen LogP contribution is 2.18. The number of aliphatic hydroxyl groups is 1. The predicted molar refractivity (Wildman–Crippen MR) is 85.5 cm³/mol. The van der Waals surface area contributed by atoms with Crippen LogP contribution in [0.3, 0.4) is 0 Å². The summed E-state index contributed by atoms with van der Waals surface area (Å²) >= 11 is 0. The standard InChI is InChI=1S/C18H21NO3/c1-2-18(21)19-12-17(20)15-8-10-16(11-9-15)22-13-14-6-4-3-5-7-14/h3-11,17,20H,2,12-13H2,1H3,(H,19,21). The van der Waals surface area contributed by atoms with Crippen molar-refractivity contribution in [2.45, 2.75) is 26.1 Å². The smallest absolute Gasteiger partial charge is 0.219 e. The fourth-order valence-corrected chi connectivity index (χ4v) is 1.98. The third-order valence-electron chi connectivity index (χ3n) is 3.33. The van der Waals surface area contributed by atoms with E-state index in [2.05, 4.69) is 5.32 Å². The van der Waals surface area contributed by atoms with Crippen molar-refractivity contribution in [2.24, 2.45) is 0 Å². The van der Waals surface area contributed by atoms with Crippen molar-refractivity contribution in [3.63, 3.8) is 0 Å². The summed E-state index contributed by atoms with van der Waals surface area (Å²) in [5.41, 5.74) is 1.86. The largest absolute Gasteiger partial charge is 0.489 e. The van der Waals surface area contributed by atoms with Crippen LogP contribution in [0.25, 0.3) is 0 Å². The van der Waals surface area contributed by atoms with Gasteiger partial charge in [0.05, 0.1) is 6.10 Å². The van der Waals surface area contributed by atoms with E-state index >= 15 is 0 Å². The van der Waals surface area contributed by atoms with Gasteiger partial charge in [-0.2, -0.15) is 0 Å². The number of rotatable bonds is 7. The summed E-state index contributed by atoms with van der Waals surface area (Å²) in [7, 11) is 0. The van der Waals surface area contributed by atoms with E-state index in [-0.39, 0.29) is 12.5 Å². The molecule has 2 rings (SSSR count). The van der Waals surface area contributed by atoms with Gasteiger partial charge >= 0.3 is 0 Å². The number of carbonyl (C=O) groups excluding carboxylic acids is 1. The molecule has 0 aliphatic rings. The Morgan fingerprint density at radius 2 is 1.82 bits per heavy atom. The van der Waals surface area contributed by atoms with Crippen molar-refractivity contribution in [2.75, 3.05) is 6.54 Å². The number of hydrogen-bond acceptors (Lipinski definition) is 3. The summed E-state index contributed by atoms with van der Waals surface area (Å²) in [4.78, 5) is 11.2. The monoisotopic (exact) mass is 299 g/mol. The molecule has 22 heavy (non-hydrogen) atoms. The fourth-order valence-electron chi connectivity index (χ4n) is 1.98. The molecule has 0 bridgehead atoms. The van der Waals surface area contributed by atoms with E-state index in [4.69, 9.17) is 4.74 Å². The van der Waals surface area contributed by atoms with Gasteiger partial charge in [-0.1, -0.05) is 49.4 Å². The van der Waals surface area contributed by atoms with Gasteiger partial charge in [-0.15, -0.1) is 0 Å². The van der Waals surface area contributed by atoms with Crippen LogP contribution in [-0.4, -0.2) is 17.6 Å². The molecule has 0 aliphatic heterocycles. The average molecular weight is 299 g/mol. The average Bonchev–Trinajstić information content (AvgIpc) is 2.59. The third-order valence-corrected chi connectivity index (χ3v) is 3.33. The normalized spacial score (nSPS) is 11.7. The van der Waals surface area contributed by atoms with Crippen LogP contribution in [-0.2, 0) is 11.4 Å². The maximum atomic E-state index is 11.2. The lowest BCUT2D eigenvalue weighted by Gasteiger charge is -2.13. The SMILES string of the molecule is CCC(=O)NCC(O)c1ccc(OCc2ccccc2)cc1. The van der Waals surface area contributed by atoms with Gasteiger partial charge in [0.25, 0.3) is 0 Å². The molecule has 0 radical (unpaired) electrons. The van der Waals surface area contributed by atoms with Crippen LogP contribution >= 0.6 is 0 Å². The van der Waals surface area contributed by atoms with Gasteiger partial charge in [0.2, 0.25) is 5.91 Å². The van der Waals surface area contributed by atoms with Crippen molar-refractivity contribution in [3.8, 4) is 5.75 Å². The van der Waals surface area contributed by atoms with Crippen LogP contribution in [0.4, 0.5) is 0 Å². The Bertz CT molecular complexity index is 581. The summed E-state index contributed by atoms with van der Waals surface area (Å²) in [6.07, 6.45) is -0.294. The minimum absolute atomic E-state index is 0.0677. The number of aliphatic hydroxyl groups excluding tert-OH is 1. The Morgan fingerprint density at radius 1 is 1.14 bits per heavy atom. The van der Waals surface area contributed by atoms with Gasteiger partial charge in [0, 0.05) is 13.0 Å². The molecule has 2 aromatic rings. The minimum Gasteiger partial charge on any atom is -0.489 e. The zero-order valence-electron chi connectivity index (χ0n) is 12.7. The fraction of sp³-hybridized carbons (Fsp3) is 0.278. The first-order valence-electron chi connectivity index (χ1n) is 7.40. The van der Waals surface area contributed by atoms with E-state index in [1.807, 2.05) is 54.6 Å². The van der Waals surface area contributed by atoms with Crippen molar-refractivity contribution < 1.29 is 14.6 Å². The van der Waals surface area contributed by atoms with Crippen LogP contribution < -0.4 is 10.1 Å². The molecule has 1 amide bonds. The zero-order valence-corrected chi connectivity index (χ0v) is 12.7. The molecule has 0 aromatic heterocycles. The lowest BCUT2D eigenvalue weighted by Crippen LogP contribution is -2.27. The predicted octanol–water partition coefficient (Wildman–Crippen LogP) is 2.83. The lowest BCUT2D eigenvalue weighted by atomic mass is 10.1. The summed E-state index contributed by atoms with van der Waals surface area (Å²) in [6.45, 7) is 2.51. The number of nitrogens with one attached hydrogen (secondary N) is 1. The maximum absolute atomic E-state index is 11.2. The molecular formula is C18H21NO3. The summed E-state index contributed by atoms with van der Waals surface area (Å²) in [5, 5.41) is 12.7. The van der Waals surface area contributed by atoms with Gasteiger partial charge in [-0.3, -0.25) is 4.79 Å².